The fourth-order valence-corrected chi connectivity index (χ4v) is 1.43. The van der Waals surface area contributed by atoms with Gasteiger partial charge in [-0.25, -0.2) is 9.37 Å². The van der Waals surface area contributed by atoms with Gasteiger partial charge in [0, 0.05) is 5.69 Å². The minimum Gasteiger partial charge on any atom is -0.390 e. The Hall–Kier alpha value is -1.68. The molecule has 0 aliphatic rings. The van der Waals surface area contributed by atoms with E-state index in [4.69, 9.17) is 5.11 Å². The van der Waals surface area contributed by atoms with E-state index in [2.05, 4.69) is 9.97 Å². The highest BCUT2D eigenvalue weighted by Gasteiger charge is 2.10. The standard InChI is InChI=1S/C11H11FN2O/c1-7-10(6-15)14-11(13-7)8-4-2-3-5-9(8)12/h2-5,15H,6H2,1H3,(H,13,14). The molecule has 4 heteroatoms. The molecular weight excluding hydrogens is 195 g/mol. The normalized spacial score (nSPS) is 10.6. The highest BCUT2D eigenvalue weighted by Crippen LogP contribution is 2.20. The first-order chi connectivity index (χ1) is 7.22. The van der Waals surface area contributed by atoms with Crippen molar-refractivity contribution in [3.05, 3.63) is 41.5 Å². The molecular formula is C11H11FN2O. The molecule has 1 aromatic carbocycles. The number of H-pyrrole nitrogens is 1. The van der Waals surface area contributed by atoms with Crippen LogP contribution in [0.2, 0.25) is 0 Å². The van der Waals surface area contributed by atoms with Crippen molar-refractivity contribution in [2.45, 2.75) is 13.5 Å². The lowest BCUT2D eigenvalue weighted by Gasteiger charge is -1.97. The van der Waals surface area contributed by atoms with Crippen LogP contribution >= 0.6 is 0 Å². The average molecular weight is 206 g/mol. The van der Waals surface area contributed by atoms with E-state index >= 15 is 0 Å². The number of aromatic nitrogens is 2. The molecule has 0 aliphatic carbocycles. The van der Waals surface area contributed by atoms with Gasteiger partial charge in [-0.2, -0.15) is 0 Å². The first-order valence-corrected chi connectivity index (χ1v) is 4.63. The summed E-state index contributed by atoms with van der Waals surface area (Å²) in [6, 6.07) is 6.40. The Morgan fingerprint density at radius 3 is 2.73 bits per heavy atom. The molecule has 1 aromatic heterocycles. The van der Waals surface area contributed by atoms with Crippen LogP contribution in [0.3, 0.4) is 0 Å². The lowest BCUT2D eigenvalue weighted by molar-refractivity contribution is 0.276. The van der Waals surface area contributed by atoms with E-state index in [0.717, 1.165) is 5.69 Å². The van der Waals surface area contributed by atoms with Gasteiger partial charge in [0.05, 0.1) is 17.9 Å². The summed E-state index contributed by atoms with van der Waals surface area (Å²) in [5.74, 6) is 0.130. The van der Waals surface area contributed by atoms with Gasteiger partial charge in [0.2, 0.25) is 0 Å². The fourth-order valence-electron chi connectivity index (χ4n) is 1.43. The molecule has 2 N–H and O–H groups in total. The maximum Gasteiger partial charge on any atom is 0.140 e. The molecule has 0 aliphatic heterocycles. The number of benzene rings is 1. The van der Waals surface area contributed by atoms with Crippen LogP contribution < -0.4 is 0 Å². The molecule has 2 aromatic rings. The molecule has 0 amide bonds. The third kappa shape index (κ3) is 1.76. The zero-order chi connectivity index (χ0) is 10.8. The maximum atomic E-state index is 13.4. The van der Waals surface area contributed by atoms with Gasteiger partial charge in [0.25, 0.3) is 0 Å². The van der Waals surface area contributed by atoms with E-state index in [1.807, 2.05) is 0 Å². The molecule has 2 rings (SSSR count). The first kappa shape index (κ1) is 9.86. The SMILES string of the molecule is Cc1[nH]c(-c2ccccc2F)nc1CO. The lowest BCUT2D eigenvalue weighted by Crippen LogP contribution is -1.87. The number of aryl methyl sites for hydroxylation is 1. The highest BCUT2D eigenvalue weighted by atomic mass is 19.1. The molecule has 0 atom stereocenters. The van der Waals surface area contributed by atoms with E-state index in [9.17, 15) is 4.39 Å². The molecule has 0 spiro atoms. The molecule has 0 unspecified atom stereocenters. The monoisotopic (exact) mass is 206 g/mol. The topological polar surface area (TPSA) is 48.9 Å². The van der Waals surface area contributed by atoms with Gasteiger partial charge < -0.3 is 10.1 Å². The van der Waals surface area contributed by atoms with Gasteiger partial charge in [0.1, 0.15) is 11.6 Å². The van der Waals surface area contributed by atoms with Gasteiger partial charge in [-0.1, -0.05) is 12.1 Å². The number of aliphatic hydroxyl groups is 1. The number of hydrogen-bond acceptors (Lipinski definition) is 2. The summed E-state index contributed by atoms with van der Waals surface area (Å²) in [7, 11) is 0. The Kier molecular flexibility index (Phi) is 2.51. The number of imidazole rings is 1. The maximum absolute atomic E-state index is 13.4. The van der Waals surface area contributed by atoms with Crippen molar-refractivity contribution in [1.29, 1.82) is 0 Å². The van der Waals surface area contributed by atoms with Gasteiger partial charge in [-0.15, -0.1) is 0 Å². The third-order valence-electron chi connectivity index (χ3n) is 2.26. The number of aliphatic hydroxyl groups excluding tert-OH is 1. The van der Waals surface area contributed by atoms with Crippen molar-refractivity contribution in [1.82, 2.24) is 9.97 Å². The summed E-state index contributed by atoms with van der Waals surface area (Å²) >= 11 is 0. The Labute approximate surface area is 86.6 Å². The Bertz CT molecular complexity index is 479. The lowest BCUT2D eigenvalue weighted by atomic mass is 10.2. The van der Waals surface area contributed by atoms with E-state index in [0.29, 0.717) is 17.1 Å². The zero-order valence-electron chi connectivity index (χ0n) is 8.29. The third-order valence-corrected chi connectivity index (χ3v) is 2.26. The van der Waals surface area contributed by atoms with E-state index in [-0.39, 0.29) is 12.4 Å². The zero-order valence-corrected chi connectivity index (χ0v) is 8.29. The molecule has 0 fully saturated rings. The van der Waals surface area contributed by atoms with Crippen LogP contribution in [0.25, 0.3) is 11.4 Å². The average Bonchev–Trinajstić information content (AvgIpc) is 2.60. The minimum atomic E-state index is -0.323. The van der Waals surface area contributed by atoms with Gasteiger partial charge in [-0.05, 0) is 19.1 Å². The van der Waals surface area contributed by atoms with Gasteiger partial charge in [0.15, 0.2) is 0 Å². The summed E-state index contributed by atoms with van der Waals surface area (Å²) in [4.78, 5) is 7.06. The van der Waals surface area contributed by atoms with Crippen molar-refractivity contribution < 1.29 is 9.50 Å². The Morgan fingerprint density at radius 2 is 2.13 bits per heavy atom. The summed E-state index contributed by atoms with van der Waals surface area (Å²) in [5.41, 5.74) is 1.73. The number of halogens is 1. The van der Waals surface area contributed by atoms with Crippen molar-refractivity contribution in [3.63, 3.8) is 0 Å². The quantitative estimate of drug-likeness (QED) is 0.789. The van der Waals surface area contributed by atoms with Crippen molar-refractivity contribution in [3.8, 4) is 11.4 Å². The van der Waals surface area contributed by atoms with Crippen LogP contribution in [0.4, 0.5) is 4.39 Å². The van der Waals surface area contributed by atoms with Crippen LogP contribution in [0.5, 0.6) is 0 Å². The van der Waals surface area contributed by atoms with Crippen molar-refractivity contribution >= 4 is 0 Å². The van der Waals surface area contributed by atoms with Crippen LogP contribution in [-0.2, 0) is 6.61 Å². The largest absolute Gasteiger partial charge is 0.390 e. The van der Waals surface area contributed by atoms with Gasteiger partial charge in [-0.3, -0.25) is 0 Å². The van der Waals surface area contributed by atoms with Crippen LogP contribution in [0.1, 0.15) is 11.4 Å². The summed E-state index contributed by atoms with van der Waals surface area (Å²) in [5, 5.41) is 8.97. The smallest absolute Gasteiger partial charge is 0.140 e. The predicted octanol–water partition coefficient (Wildman–Crippen LogP) is 2.02. The second kappa shape index (κ2) is 3.82. The molecule has 3 nitrogen and oxygen atoms in total. The summed E-state index contributed by atoms with van der Waals surface area (Å²) < 4.78 is 13.4. The number of nitrogens with zero attached hydrogens (tertiary/aromatic N) is 1. The highest BCUT2D eigenvalue weighted by molar-refractivity contribution is 5.56. The minimum absolute atomic E-state index is 0.142. The Morgan fingerprint density at radius 1 is 1.40 bits per heavy atom. The van der Waals surface area contributed by atoms with E-state index in [1.54, 1.807) is 25.1 Å². The molecule has 0 saturated carbocycles. The number of hydrogen-bond donors (Lipinski definition) is 2. The second-order valence-corrected chi connectivity index (χ2v) is 3.30. The Balaban J connectivity index is 2.50. The van der Waals surface area contributed by atoms with E-state index in [1.165, 1.54) is 6.07 Å². The van der Waals surface area contributed by atoms with Crippen molar-refractivity contribution in [2.75, 3.05) is 0 Å². The molecule has 0 radical (unpaired) electrons. The second-order valence-electron chi connectivity index (χ2n) is 3.30. The number of nitrogens with one attached hydrogen (secondary N) is 1. The number of rotatable bonds is 2. The molecule has 1 heterocycles. The van der Waals surface area contributed by atoms with Crippen LogP contribution in [-0.4, -0.2) is 15.1 Å². The van der Waals surface area contributed by atoms with Crippen LogP contribution in [0.15, 0.2) is 24.3 Å². The molecule has 15 heavy (non-hydrogen) atoms. The van der Waals surface area contributed by atoms with Gasteiger partial charge >= 0.3 is 0 Å². The molecule has 0 saturated heterocycles. The molecule has 78 valence electrons. The predicted molar refractivity (Wildman–Crippen MR) is 54.6 cm³/mol. The fraction of sp³-hybridized carbons (Fsp3) is 0.182. The van der Waals surface area contributed by atoms with Crippen LogP contribution in [0, 0.1) is 12.7 Å². The van der Waals surface area contributed by atoms with E-state index < -0.39 is 0 Å². The first-order valence-electron chi connectivity index (χ1n) is 4.63. The number of aromatic amines is 1. The summed E-state index contributed by atoms with van der Waals surface area (Å²) in [6.07, 6.45) is 0. The molecule has 0 bridgehead atoms. The van der Waals surface area contributed by atoms with Crippen molar-refractivity contribution in [2.24, 2.45) is 0 Å². The summed E-state index contributed by atoms with van der Waals surface area (Å²) in [6.45, 7) is 1.65.